The minimum Gasteiger partial charge on any atom is -0.489 e. The van der Waals surface area contributed by atoms with E-state index in [0.29, 0.717) is 24.8 Å². The summed E-state index contributed by atoms with van der Waals surface area (Å²) < 4.78 is 20.5. The third-order valence-corrected chi connectivity index (χ3v) is 4.02. The van der Waals surface area contributed by atoms with Crippen molar-refractivity contribution in [3.05, 3.63) is 47.0 Å². The Balaban J connectivity index is 0.00000338. The van der Waals surface area contributed by atoms with Crippen LogP contribution in [0, 0.1) is 19.7 Å². The molecule has 2 aromatic rings. The van der Waals surface area contributed by atoms with Gasteiger partial charge >= 0.3 is 0 Å². The summed E-state index contributed by atoms with van der Waals surface area (Å²) in [5, 5.41) is 10.9. The van der Waals surface area contributed by atoms with Gasteiger partial charge < -0.3 is 15.4 Å². The lowest BCUT2D eigenvalue weighted by Gasteiger charge is -2.18. The lowest BCUT2D eigenvalue weighted by atomic mass is 10.2. The second-order valence-corrected chi connectivity index (χ2v) is 5.96. The summed E-state index contributed by atoms with van der Waals surface area (Å²) in [6.07, 6.45) is -0.0918. The fourth-order valence-corrected chi connectivity index (χ4v) is 2.49. The van der Waals surface area contributed by atoms with E-state index in [1.54, 1.807) is 19.2 Å². The van der Waals surface area contributed by atoms with Gasteiger partial charge in [-0.05, 0) is 45.0 Å². The van der Waals surface area contributed by atoms with Crippen LogP contribution >= 0.6 is 24.0 Å². The number of hydrogen-bond donors (Lipinski definition) is 2. The van der Waals surface area contributed by atoms with Crippen LogP contribution in [0.15, 0.2) is 29.3 Å². The predicted molar refractivity (Wildman–Crippen MR) is 113 cm³/mol. The Kier molecular flexibility index (Phi) is 8.83. The first-order chi connectivity index (χ1) is 11.9. The van der Waals surface area contributed by atoms with Crippen molar-refractivity contribution in [2.45, 2.75) is 33.4 Å². The second kappa shape index (κ2) is 10.3. The van der Waals surface area contributed by atoms with Gasteiger partial charge in [0.15, 0.2) is 5.96 Å². The Morgan fingerprint density at radius 2 is 1.92 bits per heavy atom. The lowest BCUT2D eigenvalue weighted by Crippen LogP contribution is -2.41. The molecule has 0 saturated heterocycles. The maximum atomic E-state index is 12.9. The Morgan fingerprint density at radius 3 is 2.46 bits per heavy atom. The highest BCUT2D eigenvalue weighted by atomic mass is 127. The Bertz CT molecular complexity index is 730. The molecule has 1 unspecified atom stereocenters. The molecule has 0 aliphatic heterocycles. The topological polar surface area (TPSA) is 63.5 Å². The smallest absolute Gasteiger partial charge is 0.191 e. The van der Waals surface area contributed by atoms with Gasteiger partial charge in [0.1, 0.15) is 17.7 Å². The molecule has 1 aromatic carbocycles. The van der Waals surface area contributed by atoms with Crippen molar-refractivity contribution in [1.29, 1.82) is 0 Å². The van der Waals surface area contributed by atoms with Crippen molar-refractivity contribution in [1.82, 2.24) is 20.4 Å². The molecule has 0 bridgehead atoms. The van der Waals surface area contributed by atoms with E-state index in [0.717, 1.165) is 11.4 Å². The first-order valence-electron chi connectivity index (χ1n) is 8.26. The normalized spacial score (nSPS) is 12.3. The zero-order chi connectivity index (χ0) is 18.4. The Morgan fingerprint density at radius 1 is 1.27 bits per heavy atom. The highest BCUT2D eigenvalue weighted by Crippen LogP contribution is 2.13. The van der Waals surface area contributed by atoms with Gasteiger partial charge in [0.05, 0.1) is 12.2 Å². The number of nitrogens with one attached hydrogen (secondary N) is 2. The van der Waals surface area contributed by atoms with E-state index in [1.165, 1.54) is 17.7 Å². The molecule has 1 heterocycles. The number of aliphatic imine (C=N–C) groups is 1. The molecule has 144 valence electrons. The minimum absolute atomic E-state index is 0. The summed E-state index contributed by atoms with van der Waals surface area (Å²) in [6.45, 7) is 7.21. The van der Waals surface area contributed by atoms with Crippen molar-refractivity contribution in [2.75, 3.05) is 13.6 Å². The maximum Gasteiger partial charge on any atom is 0.191 e. The van der Waals surface area contributed by atoms with Crippen LogP contribution < -0.4 is 15.4 Å². The third-order valence-electron chi connectivity index (χ3n) is 4.02. The van der Waals surface area contributed by atoms with E-state index in [4.69, 9.17) is 4.74 Å². The van der Waals surface area contributed by atoms with Crippen molar-refractivity contribution in [3.63, 3.8) is 0 Å². The number of benzene rings is 1. The molecule has 8 heteroatoms. The molecule has 0 aliphatic carbocycles. The summed E-state index contributed by atoms with van der Waals surface area (Å²) in [4.78, 5) is 4.22. The number of hydrogen-bond acceptors (Lipinski definition) is 3. The van der Waals surface area contributed by atoms with Gasteiger partial charge in [-0.2, -0.15) is 5.10 Å². The summed E-state index contributed by atoms with van der Waals surface area (Å²) in [7, 11) is 3.66. The summed E-state index contributed by atoms with van der Waals surface area (Å²) >= 11 is 0. The fourth-order valence-electron chi connectivity index (χ4n) is 2.49. The molecule has 0 radical (unpaired) electrons. The number of rotatable bonds is 6. The number of aryl methyl sites for hydroxylation is 2. The quantitative estimate of drug-likeness (QED) is 0.383. The van der Waals surface area contributed by atoms with Crippen molar-refractivity contribution in [2.24, 2.45) is 12.0 Å². The maximum absolute atomic E-state index is 12.9. The minimum atomic E-state index is -0.274. The van der Waals surface area contributed by atoms with Crippen LogP contribution in [0.1, 0.15) is 23.9 Å². The van der Waals surface area contributed by atoms with E-state index in [1.807, 2.05) is 32.5 Å². The molecule has 2 rings (SSSR count). The van der Waals surface area contributed by atoms with Gasteiger partial charge in [-0.3, -0.25) is 9.67 Å². The molecule has 0 spiro atoms. The van der Waals surface area contributed by atoms with Crippen LogP contribution in [0.5, 0.6) is 5.75 Å². The van der Waals surface area contributed by atoms with E-state index >= 15 is 0 Å². The number of halogens is 2. The SMILES string of the molecule is CN=C(NCc1c(C)nn(C)c1C)NCC(C)Oc1ccc(F)cc1.I. The first-order valence-corrected chi connectivity index (χ1v) is 8.26. The van der Waals surface area contributed by atoms with Gasteiger partial charge in [-0.1, -0.05) is 0 Å². The number of aromatic nitrogens is 2. The average Bonchev–Trinajstić information content (AvgIpc) is 2.82. The zero-order valence-electron chi connectivity index (χ0n) is 15.8. The molecule has 0 saturated carbocycles. The molecule has 0 amide bonds. The van der Waals surface area contributed by atoms with Crippen molar-refractivity contribution in [3.8, 4) is 5.75 Å². The van der Waals surface area contributed by atoms with E-state index in [-0.39, 0.29) is 35.9 Å². The van der Waals surface area contributed by atoms with Gasteiger partial charge in [-0.15, -0.1) is 24.0 Å². The number of ether oxygens (including phenoxy) is 1. The molecule has 0 aliphatic rings. The molecule has 1 atom stereocenters. The summed E-state index contributed by atoms with van der Waals surface area (Å²) in [6, 6.07) is 6.00. The molecular weight excluding hydrogens is 448 g/mol. The van der Waals surface area contributed by atoms with Gasteiger partial charge in [0.2, 0.25) is 0 Å². The van der Waals surface area contributed by atoms with E-state index in [2.05, 4.69) is 20.7 Å². The highest BCUT2D eigenvalue weighted by molar-refractivity contribution is 14.0. The van der Waals surface area contributed by atoms with Crippen molar-refractivity contribution >= 4 is 29.9 Å². The molecule has 2 N–H and O–H groups in total. The Hall–Kier alpha value is -1.84. The summed E-state index contributed by atoms with van der Waals surface area (Å²) in [5.74, 6) is 1.06. The predicted octanol–water partition coefficient (Wildman–Crippen LogP) is 2.93. The number of nitrogens with zero attached hydrogens (tertiary/aromatic N) is 3. The van der Waals surface area contributed by atoms with Crippen LogP contribution in [-0.2, 0) is 13.6 Å². The van der Waals surface area contributed by atoms with Gasteiger partial charge in [0, 0.05) is 31.9 Å². The standard InChI is InChI=1S/C18H26FN5O.HI/c1-12(25-16-8-6-15(19)7-9-16)10-21-18(20-4)22-11-17-13(2)23-24(5)14(17)3;/h6-9,12H,10-11H2,1-5H3,(H2,20,21,22);1H. The Labute approximate surface area is 171 Å². The molecular formula is C18H27FIN5O. The monoisotopic (exact) mass is 475 g/mol. The van der Waals surface area contributed by atoms with Crippen LogP contribution in [0.25, 0.3) is 0 Å². The van der Waals surface area contributed by atoms with Crippen LogP contribution in [0.4, 0.5) is 4.39 Å². The molecule has 0 fully saturated rings. The van der Waals surface area contributed by atoms with Crippen LogP contribution in [0.2, 0.25) is 0 Å². The first kappa shape index (κ1) is 22.2. The van der Waals surface area contributed by atoms with E-state index < -0.39 is 0 Å². The van der Waals surface area contributed by atoms with Crippen LogP contribution in [0.3, 0.4) is 0 Å². The fraction of sp³-hybridized carbons (Fsp3) is 0.444. The highest BCUT2D eigenvalue weighted by Gasteiger charge is 2.10. The van der Waals surface area contributed by atoms with Crippen LogP contribution in [-0.4, -0.2) is 35.4 Å². The average molecular weight is 475 g/mol. The van der Waals surface area contributed by atoms with Crippen molar-refractivity contribution < 1.29 is 9.13 Å². The molecule has 1 aromatic heterocycles. The van der Waals surface area contributed by atoms with Gasteiger partial charge in [0.25, 0.3) is 0 Å². The second-order valence-electron chi connectivity index (χ2n) is 5.96. The molecule has 6 nitrogen and oxygen atoms in total. The largest absolute Gasteiger partial charge is 0.489 e. The summed E-state index contributed by atoms with van der Waals surface area (Å²) in [5.41, 5.74) is 3.31. The number of guanidine groups is 1. The van der Waals surface area contributed by atoms with E-state index in [9.17, 15) is 4.39 Å². The molecule has 26 heavy (non-hydrogen) atoms. The van der Waals surface area contributed by atoms with Gasteiger partial charge in [-0.25, -0.2) is 4.39 Å². The lowest BCUT2D eigenvalue weighted by molar-refractivity contribution is 0.223. The zero-order valence-corrected chi connectivity index (χ0v) is 18.2. The third kappa shape index (κ3) is 6.15.